The standard InChI is InChI=1S/C14H17N3O2S/c1-2-12(14-16-6-7-20-14)17-13(18)9-19-11-5-3-4-10(15)8-11/h3-8,12H,2,9,15H2,1H3,(H,17,18). The fraction of sp³-hybridized carbons (Fsp3) is 0.286. The third-order valence-electron chi connectivity index (χ3n) is 2.72. The minimum absolute atomic E-state index is 0.0364. The lowest BCUT2D eigenvalue weighted by Crippen LogP contribution is -2.32. The fourth-order valence-electron chi connectivity index (χ4n) is 1.73. The van der Waals surface area contributed by atoms with Crippen LogP contribution in [0.4, 0.5) is 5.69 Å². The molecule has 6 heteroatoms. The van der Waals surface area contributed by atoms with Gasteiger partial charge in [0.1, 0.15) is 10.8 Å². The van der Waals surface area contributed by atoms with Crippen molar-refractivity contribution >= 4 is 22.9 Å². The number of thiazole rings is 1. The SMILES string of the molecule is CCC(NC(=O)COc1cccc(N)c1)c1nccs1. The largest absolute Gasteiger partial charge is 0.484 e. The van der Waals surface area contributed by atoms with Crippen LogP contribution in [0, 0.1) is 0 Å². The number of rotatable bonds is 6. The van der Waals surface area contributed by atoms with Crippen LogP contribution in [-0.4, -0.2) is 17.5 Å². The Morgan fingerprint density at radius 2 is 2.40 bits per heavy atom. The minimum atomic E-state index is -0.172. The van der Waals surface area contributed by atoms with Crippen molar-refractivity contribution in [1.82, 2.24) is 10.3 Å². The number of hydrogen-bond donors (Lipinski definition) is 2. The molecule has 0 aliphatic heterocycles. The molecule has 20 heavy (non-hydrogen) atoms. The van der Waals surface area contributed by atoms with Gasteiger partial charge in [0.05, 0.1) is 6.04 Å². The molecule has 1 aromatic carbocycles. The number of hydrogen-bond acceptors (Lipinski definition) is 5. The van der Waals surface area contributed by atoms with Crippen molar-refractivity contribution in [3.05, 3.63) is 40.8 Å². The minimum Gasteiger partial charge on any atom is -0.484 e. The Bertz CT molecular complexity index is 557. The van der Waals surface area contributed by atoms with Crippen molar-refractivity contribution in [2.75, 3.05) is 12.3 Å². The lowest BCUT2D eigenvalue weighted by atomic mass is 10.2. The van der Waals surface area contributed by atoms with Crippen LogP contribution in [0.3, 0.4) is 0 Å². The van der Waals surface area contributed by atoms with Gasteiger partial charge in [-0.25, -0.2) is 4.98 Å². The highest BCUT2D eigenvalue weighted by Gasteiger charge is 2.15. The van der Waals surface area contributed by atoms with Crippen LogP contribution in [0.15, 0.2) is 35.8 Å². The van der Waals surface area contributed by atoms with Crippen molar-refractivity contribution < 1.29 is 9.53 Å². The van der Waals surface area contributed by atoms with Crippen molar-refractivity contribution in [3.8, 4) is 5.75 Å². The smallest absolute Gasteiger partial charge is 0.258 e. The molecule has 2 aromatic rings. The number of nitrogens with one attached hydrogen (secondary N) is 1. The zero-order chi connectivity index (χ0) is 14.4. The van der Waals surface area contributed by atoms with Crippen LogP contribution >= 0.6 is 11.3 Å². The summed E-state index contributed by atoms with van der Waals surface area (Å²) in [4.78, 5) is 16.1. The van der Waals surface area contributed by atoms with Crippen LogP contribution < -0.4 is 15.8 Å². The third-order valence-corrected chi connectivity index (χ3v) is 3.61. The highest BCUT2D eigenvalue weighted by molar-refractivity contribution is 7.09. The van der Waals surface area contributed by atoms with E-state index in [1.165, 1.54) is 11.3 Å². The quantitative estimate of drug-likeness (QED) is 0.801. The van der Waals surface area contributed by atoms with Crippen molar-refractivity contribution in [3.63, 3.8) is 0 Å². The second-order valence-electron chi connectivity index (χ2n) is 4.26. The lowest BCUT2D eigenvalue weighted by molar-refractivity contribution is -0.123. The summed E-state index contributed by atoms with van der Waals surface area (Å²) < 4.78 is 5.40. The number of amides is 1. The molecular formula is C14H17N3O2S. The molecule has 1 amide bonds. The molecule has 3 N–H and O–H groups in total. The summed E-state index contributed by atoms with van der Waals surface area (Å²) in [5, 5.41) is 5.71. The number of ether oxygens (including phenoxy) is 1. The van der Waals surface area contributed by atoms with Gasteiger partial charge in [0, 0.05) is 23.3 Å². The average Bonchev–Trinajstić information content (AvgIpc) is 2.96. The zero-order valence-electron chi connectivity index (χ0n) is 11.2. The number of nitrogen functional groups attached to an aromatic ring is 1. The van der Waals surface area contributed by atoms with Crippen LogP contribution in [0.25, 0.3) is 0 Å². The summed E-state index contributed by atoms with van der Waals surface area (Å²) in [6, 6.07) is 6.94. The first-order valence-electron chi connectivity index (χ1n) is 6.36. The monoisotopic (exact) mass is 291 g/mol. The number of aromatic nitrogens is 1. The van der Waals surface area contributed by atoms with E-state index in [0.717, 1.165) is 11.4 Å². The Labute approximate surface area is 121 Å². The van der Waals surface area contributed by atoms with Gasteiger partial charge in [0.25, 0.3) is 5.91 Å². The lowest BCUT2D eigenvalue weighted by Gasteiger charge is -2.14. The molecule has 0 aliphatic carbocycles. The number of nitrogens with two attached hydrogens (primary N) is 1. The number of carbonyl (C=O) groups excluding carboxylic acids is 1. The molecule has 106 valence electrons. The summed E-state index contributed by atoms with van der Waals surface area (Å²) in [7, 11) is 0. The molecule has 2 rings (SSSR count). The Balaban J connectivity index is 1.86. The zero-order valence-corrected chi connectivity index (χ0v) is 12.0. The van der Waals surface area contributed by atoms with Gasteiger partial charge < -0.3 is 15.8 Å². The molecule has 0 aliphatic rings. The van der Waals surface area contributed by atoms with E-state index in [0.29, 0.717) is 11.4 Å². The van der Waals surface area contributed by atoms with Crippen molar-refractivity contribution in [2.45, 2.75) is 19.4 Å². The van der Waals surface area contributed by atoms with E-state index in [9.17, 15) is 4.79 Å². The molecule has 1 atom stereocenters. The molecule has 0 fully saturated rings. The Hall–Kier alpha value is -2.08. The number of anilines is 1. The maximum Gasteiger partial charge on any atom is 0.258 e. The van der Waals surface area contributed by atoms with Crippen LogP contribution in [0.5, 0.6) is 5.75 Å². The summed E-state index contributed by atoms with van der Waals surface area (Å²) in [6.07, 6.45) is 2.52. The highest BCUT2D eigenvalue weighted by atomic mass is 32.1. The van der Waals surface area contributed by atoms with E-state index in [1.54, 1.807) is 30.5 Å². The van der Waals surface area contributed by atoms with Gasteiger partial charge in [-0.15, -0.1) is 11.3 Å². The van der Waals surface area contributed by atoms with E-state index in [-0.39, 0.29) is 18.6 Å². The van der Waals surface area contributed by atoms with Crippen molar-refractivity contribution in [1.29, 1.82) is 0 Å². The Morgan fingerprint density at radius 1 is 1.55 bits per heavy atom. The summed E-state index contributed by atoms with van der Waals surface area (Å²) >= 11 is 1.53. The van der Waals surface area contributed by atoms with Gasteiger partial charge >= 0.3 is 0 Å². The van der Waals surface area contributed by atoms with Gasteiger partial charge in [0.2, 0.25) is 0 Å². The molecule has 1 aromatic heterocycles. The summed E-state index contributed by atoms with van der Waals surface area (Å²) in [5.41, 5.74) is 6.25. The maximum absolute atomic E-state index is 11.9. The van der Waals surface area contributed by atoms with Crippen LogP contribution in [0.1, 0.15) is 24.4 Å². The predicted octanol–water partition coefficient (Wildman–Crippen LogP) is 2.37. The normalized spacial score (nSPS) is 11.8. The molecule has 5 nitrogen and oxygen atoms in total. The van der Waals surface area contributed by atoms with Gasteiger partial charge in [-0.05, 0) is 18.6 Å². The first kappa shape index (κ1) is 14.3. The summed E-state index contributed by atoms with van der Waals surface area (Å²) in [6.45, 7) is 1.97. The van der Waals surface area contributed by atoms with E-state index in [1.807, 2.05) is 12.3 Å². The highest BCUT2D eigenvalue weighted by Crippen LogP contribution is 2.19. The first-order chi connectivity index (χ1) is 9.69. The van der Waals surface area contributed by atoms with Gasteiger partial charge in [-0.1, -0.05) is 13.0 Å². The average molecular weight is 291 g/mol. The Morgan fingerprint density at radius 3 is 3.05 bits per heavy atom. The predicted molar refractivity (Wildman–Crippen MR) is 79.6 cm³/mol. The molecule has 1 unspecified atom stereocenters. The summed E-state index contributed by atoms with van der Waals surface area (Å²) in [5.74, 6) is 0.414. The molecule has 0 bridgehead atoms. The topological polar surface area (TPSA) is 77.2 Å². The van der Waals surface area contributed by atoms with Gasteiger partial charge in [-0.2, -0.15) is 0 Å². The second-order valence-corrected chi connectivity index (χ2v) is 5.19. The van der Waals surface area contributed by atoms with Crippen LogP contribution in [0.2, 0.25) is 0 Å². The number of benzene rings is 1. The van der Waals surface area contributed by atoms with Crippen molar-refractivity contribution in [2.24, 2.45) is 0 Å². The van der Waals surface area contributed by atoms with Crippen LogP contribution in [-0.2, 0) is 4.79 Å². The molecule has 0 saturated carbocycles. The van der Waals surface area contributed by atoms with E-state index in [4.69, 9.17) is 10.5 Å². The molecule has 0 saturated heterocycles. The molecule has 0 spiro atoms. The maximum atomic E-state index is 11.9. The van der Waals surface area contributed by atoms with E-state index < -0.39 is 0 Å². The number of carbonyl (C=O) groups is 1. The van der Waals surface area contributed by atoms with Gasteiger partial charge in [-0.3, -0.25) is 4.79 Å². The Kier molecular flexibility index (Phi) is 4.95. The van der Waals surface area contributed by atoms with Gasteiger partial charge in [0.15, 0.2) is 6.61 Å². The third kappa shape index (κ3) is 3.96. The fourth-order valence-corrected chi connectivity index (χ4v) is 2.51. The van der Waals surface area contributed by atoms with E-state index >= 15 is 0 Å². The number of nitrogens with zero attached hydrogens (tertiary/aromatic N) is 1. The molecular weight excluding hydrogens is 274 g/mol. The van der Waals surface area contributed by atoms with E-state index in [2.05, 4.69) is 10.3 Å². The second kappa shape index (κ2) is 6.91. The first-order valence-corrected chi connectivity index (χ1v) is 7.24. The molecule has 0 radical (unpaired) electrons. The molecule has 1 heterocycles.